The Morgan fingerprint density at radius 1 is 1.30 bits per heavy atom. The van der Waals surface area contributed by atoms with Crippen molar-refractivity contribution in [2.45, 2.75) is 45.7 Å². The van der Waals surface area contributed by atoms with Crippen molar-refractivity contribution >= 4 is 0 Å². The molecular formula is C18H24N4O. The lowest BCUT2D eigenvalue weighted by molar-refractivity contribution is 0.342. The van der Waals surface area contributed by atoms with Gasteiger partial charge in [0, 0.05) is 32.4 Å². The summed E-state index contributed by atoms with van der Waals surface area (Å²) in [6.45, 7) is 6.01. The van der Waals surface area contributed by atoms with Crippen molar-refractivity contribution in [3.05, 3.63) is 41.0 Å². The largest absolute Gasteiger partial charge is 0.493 e. The third kappa shape index (κ3) is 2.98. The number of aryl methyl sites for hydroxylation is 2. The van der Waals surface area contributed by atoms with Crippen molar-refractivity contribution in [3.8, 4) is 5.75 Å². The van der Waals surface area contributed by atoms with Crippen LogP contribution in [0.5, 0.6) is 5.75 Å². The smallest absolute Gasteiger partial charge is 0.133 e. The minimum atomic E-state index is 0.668. The zero-order valence-electron chi connectivity index (χ0n) is 13.7. The molecule has 3 heterocycles. The average Bonchev–Trinajstić information content (AvgIpc) is 3.20. The first-order valence-corrected chi connectivity index (χ1v) is 8.69. The van der Waals surface area contributed by atoms with E-state index in [-0.39, 0.29) is 0 Å². The molecule has 23 heavy (non-hydrogen) atoms. The summed E-state index contributed by atoms with van der Waals surface area (Å²) in [4.78, 5) is 0. The fourth-order valence-electron chi connectivity index (χ4n) is 3.65. The predicted molar refractivity (Wildman–Crippen MR) is 88.6 cm³/mol. The Hall–Kier alpha value is -1.88. The van der Waals surface area contributed by atoms with E-state index in [9.17, 15) is 0 Å². The normalized spacial score (nSPS) is 19.3. The topological polar surface area (TPSA) is 52.0 Å². The van der Waals surface area contributed by atoms with E-state index < -0.39 is 0 Å². The summed E-state index contributed by atoms with van der Waals surface area (Å²) in [5, 5.41) is 12.2. The first-order chi connectivity index (χ1) is 11.3. The van der Waals surface area contributed by atoms with E-state index in [1.165, 1.54) is 17.5 Å². The van der Waals surface area contributed by atoms with Gasteiger partial charge in [-0.25, -0.2) is 0 Å². The maximum Gasteiger partial charge on any atom is 0.133 e. The summed E-state index contributed by atoms with van der Waals surface area (Å²) in [5.74, 6) is 4.02. The number of hydrogen-bond acceptors (Lipinski definition) is 4. The van der Waals surface area contributed by atoms with Crippen molar-refractivity contribution in [1.82, 2.24) is 20.1 Å². The lowest BCUT2D eigenvalue weighted by atomic mass is 9.99. The second-order valence-electron chi connectivity index (χ2n) is 6.57. The first-order valence-electron chi connectivity index (χ1n) is 8.69. The van der Waals surface area contributed by atoms with Gasteiger partial charge in [0.15, 0.2) is 0 Å². The molecule has 0 spiro atoms. The van der Waals surface area contributed by atoms with Gasteiger partial charge in [-0.15, -0.1) is 10.2 Å². The van der Waals surface area contributed by atoms with Crippen LogP contribution in [-0.4, -0.2) is 27.9 Å². The van der Waals surface area contributed by atoms with Crippen molar-refractivity contribution < 1.29 is 4.74 Å². The minimum absolute atomic E-state index is 0.668. The Kier molecular flexibility index (Phi) is 4.04. The van der Waals surface area contributed by atoms with Crippen LogP contribution in [0.15, 0.2) is 18.2 Å². The molecule has 0 saturated heterocycles. The van der Waals surface area contributed by atoms with E-state index in [0.717, 1.165) is 62.9 Å². The second-order valence-corrected chi connectivity index (χ2v) is 6.57. The monoisotopic (exact) mass is 312 g/mol. The fourth-order valence-corrected chi connectivity index (χ4v) is 3.65. The van der Waals surface area contributed by atoms with E-state index in [2.05, 4.69) is 45.2 Å². The van der Waals surface area contributed by atoms with Crippen LogP contribution in [0.1, 0.15) is 36.1 Å². The van der Waals surface area contributed by atoms with Crippen LogP contribution in [0.25, 0.3) is 0 Å². The number of benzene rings is 1. The number of aromatic nitrogens is 3. The number of fused-ring (bicyclic) bond motifs is 2. The third-order valence-electron chi connectivity index (χ3n) is 4.95. The molecule has 0 radical (unpaired) electrons. The van der Waals surface area contributed by atoms with Gasteiger partial charge < -0.3 is 14.6 Å². The highest BCUT2D eigenvalue weighted by Gasteiger charge is 2.22. The molecule has 4 rings (SSSR count). The molecule has 1 N–H and O–H groups in total. The molecule has 2 aliphatic rings. The molecule has 1 unspecified atom stereocenters. The molecule has 1 atom stereocenters. The van der Waals surface area contributed by atoms with Crippen LogP contribution in [0.4, 0.5) is 0 Å². The summed E-state index contributed by atoms with van der Waals surface area (Å²) < 4.78 is 7.89. The van der Waals surface area contributed by atoms with E-state index in [1.807, 2.05) is 0 Å². The van der Waals surface area contributed by atoms with Gasteiger partial charge in [-0.2, -0.15) is 0 Å². The lowest BCUT2D eigenvalue weighted by Gasteiger charge is -2.24. The van der Waals surface area contributed by atoms with Crippen LogP contribution in [0, 0.1) is 5.92 Å². The Morgan fingerprint density at radius 2 is 2.26 bits per heavy atom. The number of rotatable bonds is 5. The summed E-state index contributed by atoms with van der Waals surface area (Å²) in [7, 11) is 0. The van der Waals surface area contributed by atoms with Gasteiger partial charge in [-0.1, -0.05) is 19.1 Å². The molecule has 0 aliphatic carbocycles. The Labute approximate surface area is 137 Å². The van der Waals surface area contributed by atoms with Crippen LogP contribution in [0.2, 0.25) is 0 Å². The number of hydrogen-bond donors (Lipinski definition) is 1. The third-order valence-corrected chi connectivity index (χ3v) is 4.95. The molecule has 122 valence electrons. The standard InChI is InChI=1S/C18H24N4O/c1-2-17-20-21-18-6-4-14(12-22(17)18)11-19-10-13-3-5-16-15(9-13)7-8-23-16/h3,5,9,14,19H,2,4,6-8,10-12H2,1H3. The second kappa shape index (κ2) is 6.32. The van der Waals surface area contributed by atoms with Crippen LogP contribution >= 0.6 is 0 Å². The molecule has 2 aromatic rings. The van der Waals surface area contributed by atoms with E-state index >= 15 is 0 Å². The van der Waals surface area contributed by atoms with Gasteiger partial charge in [0.25, 0.3) is 0 Å². The molecule has 1 aromatic carbocycles. The maximum absolute atomic E-state index is 5.57. The van der Waals surface area contributed by atoms with Crippen molar-refractivity contribution in [2.24, 2.45) is 5.92 Å². The van der Waals surface area contributed by atoms with Crippen LogP contribution in [0.3, 0.4) is 0 Å². The summed E-state index contributed by atoms with van der Waals surface area (Å²) in [6.07, 6.45) is 4.26. The van der Waals surface area contributed by atoms with Crippen molar-refractivity contribution in [2.75, 3.05) is 13.2 Å². The van der Waals surface area contributed by atoms with Crippen molar-refractivity contribution in [1.29, 1.82) is 0 Å². The fraction of sp³-hybridized carbons (Fsp3) is 0.556. The van der Waals surface area contributed by atoms with Gasteiger partial charge in [0.2, 0.25) is 0 Å². The molecule has 0 amide bonds. The molecule has 5 heteroatoms. The molecule has 5 nitrogen and oxygen atoms in total. The van der Waals surface area contributed by atoms with Gasteiger partial charge in [0.1, 0.15) is 17.4 Å². The van der Waals surface area contributed by atoms with E-state index in [0.29, 0.717) is 5.92 Å². The molecule has 0 bridgehead atoms. The first kappa shape index (κ1) is 14.7. The number of nitrogens with zero attached hydrogens (tertiary/aromatic N) is 3. The Balaban J connectivity index is 1.32. The quantitative estimate of drug-likeness (QED) is 0.919. The minimum Gasteiger partial charge on any atom is -0.493 e. The highest BCUT2D eigenvalue weighted by atomic mass is 16.5. The zero-order chi connectivity index (χ0) is 15.6. The number of nitrogens with one attached hydrogen (secondary N) is 1. The maximum atomic E-state index is 5.57. The zero-order valence-corrected chi connectivity index (χ0v) is 13.7. The average molecular weight is 312 g/mol. The molecular weight excluding hydrogens is 288 g/mol. The molecule has 0 saturated carbocycles. The van der Waals surface area contributed by atoms with Gasteiger partial charge in [-0.05, 0) is 36.1 Å². The van der Waals surface area contributed by atoms with Gasteiger partial charge in [0.05, 0.1) is 6.61 Å². The Bertz CT molecular complexity index is 681. The molecule has 2 aliphatic heterocycles. The van der Waals surface area contributed by atoms with Crippen LogP contribution < -0.4 is 10.1 Å². The highest BCUT2D eigenvalue weighted by Crippen LogP contribution is 2.26. The van der Waals surface area contributed by atoms with Gasteiger partial charge >= 0.3 is 0 Å². The van der Waals surface area contributed by atoms with Crippen LogP contribution in [-0.2, 0) is 32.4 Å². The molecule has 0 fully saturated rings. The molecule has 1 aromatic heterocycles. The predicted octanol–water partition coefficient (Wildman–Crippen LogP) is 2.13. The summed E-state index contributed by atoms with van der Waals surface area (Å²) >= 11 is 0. The number of ether oxygens (including phenoxy) is 1. The van der Waals surface area contributed by atoms with Crippen molar-refractivity contribution in [3.63, 3.8) is 0 Å². The highest BCUT2D eigenvalue weighted by molar-refractivity contribution is 5.39. The van der Waals surface area contributed by atoms with E-state index in [1.54, 1.807) is 0 Å². The van der Waals surface area contributed by atoms with Gasteiger partial charge in [-0.3, -0.25) is 0 Å². The lowest BCUT2D eigenvalue weighted by Crippen LogP contribution is -2.30. The van der Waals surface area contributed by atoms with E-state index in [4.69, 9.17) is 4.74 Å². The Morgan fingerprint density at radius 3 is 3.17 bits per heavy atom. The SMILES string of the molecule is CCc1nnc2n1CC(CNCc1ccc3c(c1)CCO3)CC2. The summed E-state index contributed by atoms with van der Waals surface area (Å²) in [5.41, 5.74) is 2.70. The summed E-state index contributed by atoms with van der Waals surface area (Å²) in [6, 6.07) is 6.56.